The van der Waals surface area contributed by atoms with Gasteiger partial charge in [-0.2, -0.15) is 0 Å². The number of nitrogens with zero attached hydrogens (tertiary/aromatic N) is 2. The van der Waals surface area contributed by atoms with Crippen LogP contribution in [0.1, 0.15) is 19.8 Å². The summed E-state index contributed by atoms with van der Waals surface area (Å²) in [6.45, 7) is 2.51. The summed E-state index contributed by atoms with van der Waals surface area (Å²) in [4.78, 5) is 13.0. The van der Waals surface area contributed by atoms with E-state index in [9.17, 15) is 9.18 Å². The molecule has 1 N–H and O–H groups in total. The minimum atomic E-state index is -0.257. The van der Waals surface area contributed by atoms with Gasteiger partial charge in [0.15, 0.2) is 0 Å². The van der Waals surface area contributed by atoms with E-state index in [4.69, 9.17) is 9.15 Å². The van der Waals surface area contributed by atoms with Gasteiger partial charge in [0.1, 0.15) is 11.6 Å². The lowest BCUT2D eigenvalue weighted by Crippen LogP contribution is -2.11. The number of rotatable bonds is 9. The molecule has 0 radical (unpaired) electrons. The molecular weight excluding hydrogens is 381 g/mol. The molecule has 1 heterocycles. The van der Waals surface area contributed by atoms with Gasteiger partial charge in [0.2, 0.25) is 11.8 Å². The standard InChI is InChI=1S/C20H20FN3O3S/c1-2-26-16-9-5-14(6-10-16)19-23-24-20(27-19)22-18(25)4-3-13-28-17-11-7-15(21)8-12-17/h5-12H,2-4,13H2,1H3,(H,22,24,25). The number of hydrogen-bond donors (Lipinski definition) is 1. The number of aromatic nitrogens is 2. The highest BCUT2D eigenvalue weighted by molar-refractivity contribution is 7.99. The van der Waals surface area contributed by atoms with Crippen LogP contribution in [0.4, 0.5) is 10.4 Å². The number of ether oxygens (including phenoxy) is 1. The first-order valence-electron chi connectivity index (χ1n) is 8.89. The van der Waals surface area contributed by atoms with E-state index in [1.165, 1.54) is 12.1 Å². The van der Waals surface area contributed by atoms with E-state index in [0.29, 0.717) is 25.3 Å². The third-order valence-corrected chi connectivity index (χ3v) is 4.81. The van der Waals surface area contributed by atoms with E-state index in [1.54, 1.807) is 23.9 Å². The number of anilines is 1. The van der Waals surface area contributed by atoms with Gasteiger partial charge in [0.25, 0.3) is 0 Å². The van der Waals surface area contributed by atoms with E-state index in [1.807, 2.05) is 31.2 Å². The van der Waals surface area contributed by atoms with Crippen molar-refractivity contribution in [3.05, 3.63) is 54.3 Å². The average molecular weight is 401 g/mol. The van der Waals surface area contributed by atoms with E-state index in [0.717, 1.165) is 22.0 Å². The molecule has 0 fully saturated rings. The first-order chi connectivity index (χ1) is 13.6. The number of carbonyl (C=O) groups is 1. The number of hydrogen-bond acceptors (Lipinski definition) is 6. The summed E-state index contributed by atoms with van der Waals surface area (Å²) in [5, 5.41) is 10.4. The summed E-state index contributed by atoms with van der Waals surface area (Å²) in [6.07, 6.45) is 1.00. The molecular formula is C20H20FN3O3S. The first kappa shape index (κ1) is 19.9. The zero-order valence-electron chi connectivity index (χ0n) is 15.4. The Morgan fingerprint density at radius 2 is 1.89 bits per heavy atom. The maximum atomic E-state index is 12.9. The molecule has 0 aliphatic rings. The summed E-state index contributed by atoms with van der Waals surface area (Å²) in [7, 11) is 0. The van der Waals surface area contributed by atoms with Crippen molar-refractivity contribution in [2.24, 2.45) is 0 Å². The molecule has 0 atom stereocenters. The van der Waals surface area contributed by atoms with E-state index >= 15 is 0 Å². The fourth-order valence-corrected chi connectivity index (χ4v) is 3.24. The van der Waals surface area contributed by atoms with Crippen LogP contribution in [0.5, 0.6) is 5.75 Å². The Bertz CT molecular complexity index is 898. The smallest absolute Gasteiger partial charge is 0.322 e. The predicted octanol–water partition coefficient (Wildman–Crippen LogP) is 4.79. The third kappa shape index (κ3) is 5.82. The summed E-state index contributed by atoms with van der Waals surface area (Å²) in [6, 6.07) is 13.6. The zero-order valence-corrected chi connectivity index (χ0v) is 16.2. The molecule has 0 aliphatic heterocycles. The highest BCUT2D eigenvalue weighted by atomic mass is 32.2. The fourth-order valence-electron chi connectivity index (χ4n) is 2.39. The van der Waals surface area contributed by atoms with Crippen molar-refractivity contribution in [2.75, 3.05) is 17.7 Å². The highest BCUT2D eigenvalue weighted by Crippen LogP contribution is 2.23. The lowest BCUT2D eigenvalue weighted by Gasteiger charge is -2.03. The van der Waals surface area contributed by atoms with Crippen LogP contribution in [0.2, 0.25) is 0 Å². The molecule has 0 saturated heterocycles. The number of nitrogens with one attached hydrogen (secondary N) is 1. The average Bonchev–Trinajstić information content (AvgIpc) is 3.16. The van der Waals surface area contributed by atoms with Gasteiger partial charge in [0, 0.05) is 16.9 Å². The van der Waals surface area contributed by atoms with Gasteiger partial charge < -0.3 is 9.15 Å². The van der Waals surface area contributed by atoms with Gasteiger partial charge in [0.05, 0.1) is 6.61 Å². The van der Waals surface area contributed by atoms with Gasteiger partial charge in [-0.25, -0.2) is 4.39 Å². The van der Waals surface area contributed by atoms with Crippen LogP contribution < -0.4 is 10.1 Å². The maximum absolute atomic E-state index is 12.9. The summed E-state index contributed by atoms with van der Waals surface area (Å²) in [5.41, 5.74) is 0.743. The summed E-state index contributed by atoms with van der Waals surface area (Å²) >= 11 is 1.58. The Kier molecular flexibility index (Phi) is 7.02. The zero-order chi connectivity index (χ0) is 19.8. The minimum Gasteiger partial charge on any atom is -0.494 e. The molecule has 0 bridgehead atoms. The van der Waals surface area contributed by atoms with Gasteiger partial charge in [-0.15, -0.1) is 16.9 Å². The molecule has 3 rings (SSSR count). The minimum absolute atomic E-state index is 0.0695. The molecule has 8 heteroatoms. The monoisotopic (exact) mass is 401 g/mol. The third-order valence-electron chi connectivity index (χ3n) is 3.71. The molecule has 146 valence electrons. The largest absolute Gasteiger partial charge is 0.494 e. The number of thioether (sulfide) groups is 1. The Balaban J connectivity index is 1.43. The van der Waals surface area contributed by atoms with Crippen molar-refractivity contribution in [1.82, 2.24) is 10.2 Å². The van der Waals surface area contributed by atoms with Crippen LogP contribution >= 0.6 is 11.8 Å². The van der Waals surface area contributed by atoms with E-state index in [2.05, 4.69) is 15.5 Å². The predicted molar refractivity (Wildman–Crippen MR) is 106 cm³/mol. The Labute approximate surface area is 166 Å². The van der Waals surface area contributed by atoms with Crippen LogP contribution in [-0.2, 0) is 4.79 Å². The Morgan fingerprint density at radius 3 is 2.61 bits per heavy atom. The molecule has 0 saturated carbocycles. The van der Waals surface area contributed by atoms with Crippen LogP contribution in [0, 0.1) is 5.82 Å². The number of carbonyl (C=O) groups excluding carboxylic acids is 1. The van der Waals surface area contributed by atoms with Crippen LogP contribution in [-0.4, -0.2) is 28.5 Å². The van der Waals surface area contributed by atoms with Crippen molar-refractivity contribution >= 4 is 23.7 Å². The van der Waals surface area contributed by atoms with Gasteiger partial charge in [-0.05, 0) is 67.6 Å². The SMILES string of the molecule is CCOc1ccc(-c2nnc(NC(=O)CCCSc3ccc(F)cc3)o2)cc1. The molecule has 0 aliphatic carbocycles. The molecule has 6 nitrogen and oxygen atoms in total. The van der Waals surface area contributed by atoms with Crippen LogP contribution in [0.25, 0.3) is 11.5 Å². The molecule has 2 aromatic carbocycles. The number of benzene rings is 2. The second-order valence-corrected chi connectivity index (χ2v) is 6.99. The van der Waals surface area contributed by atoms with Crippen molar-refractivity contribution in [2.45, 2.75) is 24.7 Å². The molecule has 0 unspecified atom stereocenters. The second-order valence-electron chi connectivity index (χ2n) is 5.82. The normalized spacial score (nSPS) is 10.6. The number of halogens is 1. The van der Waals surface area contributed by atoms with Gasteiger partial charge >= 0.3 is 6.01 Å². The van der Waals surface area contributed by atoms with Crippen LogP contribution in [0.3, 0.4) is 0 Å². The Hall–Kier alpha value is -2.87. The highest BCUT2D eigenvalue weighted by Gasteiger charge is 2.11. The van der Waals surface area contributed by atoms with Crippen LogP contribution in [0.15, 0.2) is 57.8 Å². The quantitative estimate of drug-likeness (QED) is 0.410. The summed E-state index contributed by atoms with van der Waals surface area (Å²) < 4.78 is 23.7. The summed E-state index contributed by atoms with van der Waals surface area (Å²) in [5.74, 6) is 1.39. The Morgan fingerprint density at radius 1 is 1.14 bits per heavy atom. The van der Waals surface area contributed by atoms with Crippen molar-refractivity contribution in [3.8, 4) is 17.2 Å². The van der Waals surface area contributed by atoms with Crippen molar-refractivity contribution < 1.29 is 18.3 Å². The van der Waals surface area contributed by atoms with Gasteiger partial charge in [-0.1, -0.05) is 5.10 Å². The maximum Gasteiger partial charge on any atom is 0.322 e. The van der Waals surface area contributed by atoms with E-state index < -0.39 is 0 Å². The topological polar surface area (TPSA) is 77.3 Å². The molecule has 28 heavy (non-hydrogen) atoms. The lowest BCUT2D eigenvalue weighted by atomic mass is 10.2. The number of amides is 1. The molecule has 1 aromatic heterocycles. The lowest BCUT2D eigenvalue weighted by molar-refractivity contribution is -0.116. The van der Waals surface area contributed by atoms with Crippen molar-refractivity contribution in [3.63, 3.8) is 0 Å². The fraction of sp³-hybridized carbons (Fsp3) is 0.250. The second kappa shape index (κ2) is 9.89. The molecule has 0 spiro atoms. The van der Waals surface area contributed by atoms with E-state index in [-0.39, 0.29) is 17.7 Å². The molecule has 3 aromatic rings. The molecule has 1 amide bonds. The van der Waals surface area contributed by atoms with Crippen molar-refractivity contribution in [1.29, 1.82) is 0 Å². The van der Waals surface area contributed by atoms with Gasteiger partial charge in [-0.3, -0.25) is 10.1 Å². The first-order valence-corrected chi connectivity index (χ1v) is 9.87.